The molecule has 0 fully saturated rings. The van der Waals surface area contributed by atoms with E-state index >= 15 is 0 Å². The van der Waals surface area contributed by atoms with Crippen LogP contribution in [0.5, 0.6) is 11.5 Å². The van der Waals surface area contributed by atoms with Crippen LogP contribution in [0.25, 0.3) is 0 Å². The minimum Gasteiger partial charge on any atom is -0.508 e. The number of benzene rings is 2. The van der Waals surface area contributed by atoms with E-state index in [1.807, 2.05) is 12.1 Å². The smallest absolute Gasteiger partial charge is 0.119 e. The molecule has 0 saturated heterocycles. The molecular weight excluding hydrogens is 497 g/mol. The Morgan fingerprint density at radius 2 is 0.706 bits per heavy atom. The van der Waals surface area contributed by atoms with Crippen molar-refractivity contribution in [2.75, 3.05) is 0 Å². The highest BCUT2D eigenvalue weighted by molar-refractivity contribution is 9.26. The van der Waals surface area contributed by atoms with E-state index in [2.05, 4.69) is 95.2 Å². The van der Waals surface area contributed by atoms with Gasteiger partial charge in [0.25, 0.3) is 0 Å². The van der Waals surface area contributed by atoms with E-state index in [1.54, 1.807) is 41.2 Å². The largest absolute Gasteiger partial charge is 0.508 e. The lowest BCUT2D eigenvalue weighted by molar-refractivity contribution is 0.440. The van der Waals surface area contributed by atoms with Gasteiger partial charge in [-0.3, -0.25) is 0 Å². The van der Waals surface area contributed by atoms with Gasteiger partial charge >= 0.3 is 0 Å². The van der Waals surface area contributed by atoms with E-state index < -0.39 is 0 Å². The van der Waals surface area contributed by atoms with Crippen LogP contribution in [0.1, 0.15) is 105 Å². The van der Waals surface area contributed by atoms with Gasteiger partial charge in [0.05, 0.1) is 0 Å². The predicted octanol–water partition coefficient (Wildman–Crippen LogP) is 10.4. The minimum atomic E-state index is -0.126. The highest BCUT2D eigenvalue weighted by Gasteiger charge is 2.27. The lowest BCUT2D eigenvalue weighted by atomic mass is 9.81. The molecular formula is C28H42O2S4. The standard InChI is InChI=1S/C28H42O2S4/c1-25(2,3)17-15-23(19(13-21(17)29)27(7,8)9)31-33-34-32-24-16-18(26(4,5)6)22(30)14-20(24)28(10,11)12/h13-16,29-30H,1-12H3. The Morgan fingerprint density at radius 1 is 0.441 bits per heavy atom. The van der Waals surface area contributed by atoms with Gasteiger partial charge in [-0.05, 0) is 98.3 Å². The van der Waals surface area contributed by atoms with Crippen molar-refractivity contribution in [3.05, 3.63) is 46.5 Å². The summed E-state index contributed by atoms with van der Waals surface area (Å²) in [5.41, 5.74) is 3.90. The Morgan fingerprint density at radius 3 is 0.941 bits per heavy atom. The summed E-state index contributed by atoms with van der Waals surface area (Å²) in [5.74, 6) is 0.754. The van der Waals surface area contributed by atoms with Crippen molar-refractivity contribution in [3.8, 4) is 11.5 Å². The molecule has 0 saturated carbocycles. The lowest BCUT2D eigenvalue weighted by Crippen LogP contribution is -2.16. The Bertz CT molecular complexity index is 934. The van der Waals surface area contributed by atoms with E-state index in [0.717, 1.165) is 22.3 Å². The molecule has 0 aliphatic carbocycles. The zero-order chi connectivity index (χ0) is 26.3. The molecule has 2 rings (SSSR count). The van der Waals surface area contributed by atoms with Crippen molar-refractivity contribution in [2.24, 2.45) is 0 Å². The molecule has 0 bridgehead atoms. The van der Waals surface area contributed by atoms with Gasteiger partial charge < -0.3 is 10.2 Å². The SMILES string of the molecule is CC(C)(C)c1cc(SSSSc2cc(C(C)(C)C)c(O)cc2C(C)(C)C)c(C(C)(C)C)cc1O. The van der Waals surface area contributed by atoms with Gasteiger partial charge in [0.15, 0.2) is 0 Å². The molecule has 2 aromatic carbocycles. The number of aromatic hydroxyl groups is 2. The Balaban J connectivity index is 2.32. The first kappa shape index (κ1) is 29.7. The van der Waals surface area contributed by atoms with Crippen LogP contribution < -0.4 is 0 Å². The predicted molar refractivity (Wildman–Crippen MR) is 158 cm³/mol. The first-order chi connectivity index (χ1) is 15.2. The van der Waals surface area contributed by atoms with Crippen molar-refractivity contribution in [3.63, 3.8) is 0 Å². The average Bonchev–Trinajstić information content (AvgIpc) is 2.63. The molecule has 0 heterocycles. The third-order valence-electron chi connectivity index (χ3n) is 5.70. The number of hydrogen-bond donors (Lipinski definition) is 2. The molecule has 2 aromatic rings. The Kier molecular flexibility index (Phi) is 9.10. The van der Waals surface area contributed by atoms with Crippen molar-refractivity contribution in [1.29, 1.82) is 0 Å². The van der Waals surface area contributed by atoms with Crippen LogP contribution in [-0.2, 0) is 21.7 Å². The van der Waals surface area contributed by atoms with Gasteiger partial charge in [-0.15, -0.1) is 0 Å². The van der Waals surface area contributed by atoms with Gasteiger partial charge in [0.1, 0.15) is 11.5 Å². The van der Waals surface area contributed by atoms with Crippen LogP contribution in [-0.4, -0.2) is 10.2 Å². The molecule has 2 N–H and O–H groups in total. The van der Waals surface area contributed by atoms with Gasteiger partial charge in [0, 0.05) is 20.9 Å². The molecule has 0 radical (unpaired) electrons. The normalized spacial score (nSPS) is 13.4. The zero-order valence-corrected chi connectivity index (χ0v) is 26.1. The fourth-order valence-electron chi connectivity index (χ4n) is 3.75. The molecule has 0 aromatic heterocycles. The summed E-state index contributed by atoms with van der Waals surface area (Å²) in [6.07, 6.45) is 0. The number of hydrogen-bond acceptors (Lipinski definition) is 6. The number of phenolic OH excluding ortho intramolecular Hbond substituents is 2. The third-order valence-corrected chi connectivity index (χ3v) is 11.8. The summed E-state index contributed by atoms with van der Waals surface area (Å²) in [7, 11) is 7.00. The number of phenols is 2. The van der Waals surface area contributed by atoms with Crippen LogP contribution in [0.15, 0.2) is 34.1 Å². The molecule has 0 unspecified atom stereocenters. The molecule has 6 heteroatoms. The summed E-state index contributed by atoms with van der Waals surface area (Å²) >= 11 is 0. The van der Waals surface area contributed by atoms with Crippen LogP contribution in [0, 0.1) is 0 Å². The van der Waals surface area contributed by atoms with Crippen LogP contribution in [0.2, 0.25) is 0 Å². The summed E-state index contributed by atoms with van der Waals surface area (Å²) in [4.78, 5) is 2.40. The third kappa shape index (κ3) is 7.47. The molecule has 34 heavy (non-hydrogen) atoms. The van der Waals surface area contributed by atoms with Crippen LogP contribution in [0.4, 0.5) is 0 Å². The van der Waals surface area contributed by atoms with Gasteiger partial charge in [0.2, 0.25) is 0 Å². The number of rotatable bonds is 5. The van der Waals surface area contributed by atoms with E-state index in [1.165, 1.54) is 9.79 Å². The fourth-order valence-corrected chi connectivity index (χ4v) is 9.95. The molecule has 0 atom stereocenters. The maximum atomic E-state index is 10.7. The summed E-state index contributed by atoms with van der Waals surface area (Å²) in [6, 6.07) is 8.23. The molecule has 0 aliphatic heterocycles. The quantitative estimate of drug-likeness (QED) is 0.291. The van der Waals surface area contributed by atoms with Gasteiger partial charge in [-0.1, -0.05) is 83.1 Å². The maximum Gasteiger partial charge on any atom is 0.119 e. The summed E-state index contributed by atoms with van der Waals surface area (Å²) in [5, 5.41) is 21.4. The second-order valence-corrected chi connectivity index (χ2v) is 18.8. The van der Waals surface area contributed by atoms with Crippen LogP contribution >= 0.6 is 41.2 Å². The second kappa shape index (κ2) is 10.4. The average molecular weight is 539 g/mol. The lowest BCUT2D eigenvalue weighted by Gasteiger charge is -2.28. The second-order valence-electron chi connectivity index (χ2n) is 13.0. The first-order valence-electron chi connectivity index (χ1n) is 11.7. The highest BCUT2D eigenvalue weighted by atomic mass is 33.7. The van der Waals surface area contributed by atoms with Crippen LogP contribution in [0.3, 0.4) is 0 Å². The summed E-state index contributed by atoms with van der Waals surface area (Å²) < 4.78 is 0. The molecule has 2 nitrogen and oxygen atoms in total. The Hall–Kier alpha value is -0.560. The molecule has 0 aliphatic rings. The minimum absolute atomic E-state index is 0.0629. The fraction of sp³-hybridized carbons (Fsp3) is 0.571. The molecule has 0 spiro atoms. The van der Waals surface area contributed by atoms with E-state index in [9.17, 15) is 10.2 Å². The maximum absolute atomic E-state index is 10.7. The highest BCUT2D eigenvalue weighted by Crippen LogP contribution is 2.54. The van der Waals surface area contributed by atoms with E-state index in [-0.39, 0.29) is 21.7 Å². The van der Waals surface area contributed by atoms with E-state index in [0.29, 0.717) is 11.5 Å². The van der Waals surface area contributed by atoms with Crippen molar-refractivity contribution in [2.45, 2.75) is 115 Å². The topological polar surface area (TPSA) is 40.5 Å². The monoisotopic (exact) mass is 538 g/mol. The van der Waals surface area contributed by atoms with E-state index in [4.69, 9.17) is 0 Å². The summed E-state index contributed by atoms with van der Waals surface area (Å²) in [6.45, 7) is 26.0. The van der Waals surface area contributed by atoms with Crippen molar-refractivity contribution >= 4 is 41.2 Å². The van der Waals surface area contributed by atoms with Crippen molar-refractivity contribution < 1.29 is 10.2 Å². The van der Waals surface area contributed by atoms with Gasteiger partial charge in [-0.25, -0.2) is 0 Å². The molecule has 0 amide bonds. The first-order valence-corrected chi connectivity index (χ1v) is 16.5. The van der Waals surface area contributed by atoms with Gasteiger partial charge in [-0.2, -0.15) is 0 Å². The molecule has 190 valence electrons. The Labute approximate surface area is 223 Å². The zero-order valence-electron chi connectivity index (χ0n) is 22.8. The van der Waals surface area contributed by atoms with Crippen molar-refractivity contribution in [1.82, 2.24) is 0 Å².